The second-order valence-corrected chi connectivity index (χ2v) is 6.31. The van der Waals surface area contributed by atoms with Gasteiger partial charge in [0.25, 0.3) is 5.91 Å². The number of carbonyl (C=O) groups excluding carboxylic acids is 1. The molecule has 3 rings (SSSR count). The van der Waals surface area contributed by atoms with Crippen LogP contribution in [0.2, 0.25) is 0 Å². The summed E-state index contributed by atoms with van der Waals surface area (Å²) >= 11 is 0. The smallest absolute Gasteiger partial charge is 0.255 e. The standard InChI is InChI=1S/C19H25NO2/c1-2-3-12-17-18(15-11-7-8-13-16(15)22-17)19(21)20-14-9-5-4-6-10-14/h7-8,11,13-14H,2-6,9-10,12H2,1H3,(H,20,21). The molecule has 0 bridgehead atoms. The van der Waals surface area contributed by atoms with Gasteiger partial charge in [0.2, 0.25) is 0 Å². The number of aryl methyl sites for hydroxylation is 1. The Labute approximate surface area is 132 Å². The predicted molar refractivity (Wildman–Crippen MR) is 89.2 cm³/mol. The Morgan fingerprint density at radius 2 is 2.00 bits per heavy atom. The Morgan fingerprint density at radius 1 is 1.23 bits per heavy atom. The first-order chi connectivity index (χ1) is 10.8. The summed E-state index contributed by atoms with van der Waals surface area (Å²) in [5.41, 5.74) is 1.58. The van der Waals surface area contributed by atoms with E-state index in [1.165, 1.54) is 19.3 Å². The number of furan rings is 1. The van der Waals surface area contributed by atoms with Crippen molar-refractivity contribution in [1.82, 2.24) is 5.32 Å². The van der Waals surface area contributed by atoms with Crippen LogP contribution in [0.25, 0.3) is 11.0 Å². The summed E-state index contributed by atoms with van der Waals surface area (Å²) < 4.78 is 5.95. The zero-order valence-corrected chi connectivity index (χ0v) is 13.4. The molecule has 1 aromatic carbocycles. The van der Waals surface area contributed by atoms with E-state index >= 15 is 0 Å². The molecule has 0 unspecified atom stereocenters. The summed E-state index contributed by atoms with van der Waals surface area (Å²) in [5, 5.41) is 4.18. The van der Waals surface area contributed by atoms with Crippen LogP contribution in [-0.4, -0.2) is 11.9 Å². The van der Waals surface area contributed by atoms with E-state index in [0.29, 0.717) is 6.04 Å². The molecule has 0 atom stereocenters. The van der Waals surface area contributed by atoms with Crippen molar-refractivity contribution < 1.29 is 9.21 Å². The monoisotopic (exact) mass is 299 g/mol. The van der Waals surface area contributed by atoms with Gasteiger partial charge in [-0.05, 0) is 25.3 Å². The van der Waals surface area contributed by atoms with Gasteiger partial charge >= 0.3 is 0 Å². The highest BCUT2D eigenvalue weighted by Gasteiger charge is 2.23. The number of fused-ring (bicyclic) bond motifs is 1. The molecule has 1 fully saturated rings. The van der Waals surface area contributed by atoms with E-state index in [-0.39, 0.29) is 5.91 Å². The van der Waals surface area contributed by atoms with Crippen LogP contribution in [-0.2, 0) is 6.42 Å². The minimum atomic E-state index is 0.0444. The first kappa shape index (κ1) is 15.1. The van der Waals surface area contributed by atoms with E-state index in [1.807, 2.05) is 24.3 Å². The summed E-state index contributed by atoms with van der Waals surface area (Å²) in [6.07, 6.45) is 8.92. The van der Waals surface area contributed by atoms with Crippen LogP contribution in [0, 0.1) is 0 Å². The lowest BCUT2D eigenvalue weighted by Crippen LogP contribution is -2.36. The van der Waals surface area contributed by atoms with Crippen molar-refractivity contribution in [2.75, 3.05) is 0 Å². The number of para-hydroxylation sites is 1. The highest BCUT2D eigenvalue weighted by molar-refractivity contribution is 6.07. The summed E-state index contributed by atoms with van der Waals surface area (Å²) in [6.45, 7) is 2.16. The van der Waals surface area contributed by atoms with Crippen molar-refractivity contribution in [3.05, 3.63) is 35.6 Å². The molecule has 1 aromatic heterocycles. The third-order valence-electron chi connectivity index (χ3n) is 4.59. The van der Waals surface area contributed by atoms with Crippen LogP contribution in [0.4, 0.5) is 0 Å². The Morgan fingerprint density at radius 3 is 2.77 bits per heavy atom. The van der Waals surface area contributed by atoms with Gasteiger partial charge in [0.1, 0.15) is 11.3 Å². The molecule has 1 amide bonds. The lowest BCUT2D eigenvalue weighted by Gasteiger charge is -2.22. The minimum Gasteiger partial charge on any atom is -0.460 e. The quantitative estimate of drug-likeness (QED) is 0.858. The van der Waals surface area contributed by atoms with Crippen molar-refractivity contribution in [2.24, 2.45) is 0 Å². The van der Waals surface area contributed by atoms with Crippen LogP contribution >= 0.6 is 0 Å². The van der Waals surface area contributed by atoms with E-state index in [9.17, 15) is 4.79 Å². The molecule has 1 aliphatic rings. The molecule has 3 heteroatoms. The summed E-state index contributed by atoms with van der Waals surface area (Å²) in [5.74, 6) is 0.888. The van der Waals surface area contributed by atoms with Crippen LogP contribution in [0.1, 0.15) is 68.0 Å². The van der Waals surface area contributed by atoms with Crippen molar-refractivity contribution in [3.63, 3.8) is 0 Å². The predicted octanol–water partition coefficient (Wildman–Crippen LogP) is 4.84. The number of benzene rings is 1. The molecular weight excluding hydrogens is 274 g/mol. The Bertz CT molecular complexity index is 638. The third kappa shape index (κ3) is 3.18. The number of carbonyl (C=O) groups is 1. The number of hydrogen-bond acceptors (Lipinski definition) is 2. The van der Waals surface area contributed by atoms with Gasteiger partial charge in [-0.2, -0.15) is 0 Å². The fraction of sp³-hybridized carbons (Fsp3) is 0.526. The molecule has 1 aliphatic carbocycles. The maximum absolute atomic E-state index is 12.8. The topological polar surface area (TPSA) is 42.2 Å². The highest BCUT2D eigenvalue weighted by atomic mass is 16.3. The third-order valence-corrected chi connectivity index (χ3v) is 4.59. The average molecular weight is 299 g/mol. The van der Waals surface area contributed by atoms with Gasteiger partial charge < -0.3 is 9.73 Å². The van der Waals surface area contributed by atoms with Gasteiger partial charge in [0.15, 0.2) is 0 Å². The van der Waals surface area contributed by atoms with Gasteiger partial charge in [0.05, 0.1) is 5.56 Å². The molecular formula is C19H25NO2. The Hall–Kier alpha value is -1.77. The van der Waals surface area contributed by atoms with E-state index in [1.54, 1.807) is 0 Å². The largest absolute Gasteiger partial charge is 0.460 e. The lowest BCUT2D eigenvalue weighted by atomic mass is 9.95. The zero-order valence-electron chi connectivity index (χ0n) is 13.4. The van der Waals surface area contributed by atoms with Crippen molar-refractivity contribution in [3.8, 4) is 0 Å². The maximum atomic E-state index is 12.8. The fourth-order valence-electron chi connectivity index (χ4n) is 3.36. The molecule has 2 aromatic rings. The minimum absolute atomic E-state index is 0.0444. The first-order valence-corrected chi connectivity index (χ1v) is 8.61. The van der Waals surface area contributed by atoms with Gasteiger partial charge in [-0.25, -0.2) is 0 Å². The van der Waals surface area contributed by atoms with E-state index in [4.69, 9.17) is 4.42 Å². The lowest BCUT2D eigenvalue weighted by molar-refractivity contribution is 0.0927. The number of rotatable bonds is 5. The molecule has 1 saturated carbocycles. The van der Waals surface area contributed by atoms with E-state index in [2.05, 4.69) is 12.2 Å². The van der Waals surface area contributed by atoms with E-state index in [0.717, 1.165) is 54.4 Å². The molecule has 3 nitrogen and oxygen atoms in total. The summed E-state index contributed by atoms with van der Waals surface area (Å²) in [6, 6.07) is 8.19. The van der Waals surface area contributed by atoms with Gasteiger partial charge in [-0.1, -0.05) is 50.8 Å². The molecule has 0 radical (unpaired) electrons. The summed E-state index contributed by atoms with van der Waals surface area (Å²) in [7, 11) is 0. The molecule has 0 saturated heterocycles. The molecule has 0 spiro atoms. The number of hydrogen-bond donors (Lipinski definition) is 1. The zero-order chi connectivity index (χ0) is 15.4. The van der Waals surface area contributed by atoms with Crippen LogP contribution in [0.5, 0.6) is 0 Å². The van der Waals surface area contributed by atoms with Crippen molar-refractivity contribution >= 4 is 16.9 Å². The molecule has 0 aliphatic heterocycles. The number of nitrogens with one attached hydrogen (secondary N) is 1. The first-order valence-electron chi connectivity index (χ1n) is 8.61. The van der Waals surface area contributed by atoms with Crippen LogP contribution < -0.4 is 5.32 Å². The molecule has 118 valence electrons. The van der Waals surface area contributed by atoms with Crippen LogP contribution in [0.3, 0.4) is 0 Å². The Balaban J connectivity index is 1.87. The second kappa shape index (κ2) is 6.99. The second-order valence-electron chi connectivity index (χ2n) is 6.31. The Kier molecular flexibility index (Phi) is 4.81. The molecule has 1 heterocycles. The average Bonchev–Trinajstić information content (AvgIpc) is 2.92. The van der Waals surface area contributed by atoms with E-state index < -0.39 is 0 Å². The van der Waals surface area contributed by atoms with Crippen LogP contribution in [0.15, 0.2) is 28.7 Å². The maximum Gasteiger partial charge on any atom is 0.255 e. The van der Waals surface area contributed by atoms with Crippen molar-refractivity contribution in [2.45, 2.75) is 64.3 Å². The normalized spacial score (nSPS) is 16.0. The highest BCUT2D eigenvalue weighted by Crippen LogP contribution is 2.28. The number of amides is 1. The summed E-state index contributed by atoms with van der Waals surface area (Å²) in [4.78, 5) is 12.8. The molecule has 22 heavy (non-hydrogen) atoms. The number of unbranched alkanes of at least 4 members (excludes halogenated alkanes) is 1. The molecule has 1 N–H and O–H groups in total. The SMILES string of the molecule is CCCCc1oc2ccccc2c1C(=O)NC1CCCCC1. The van der Waals surface area contributed by atoms with Gasteiger partial charge in [-0.3, -0.25) is 4.79 Å². The fourth-order valence-corrected chi connectivity index (χ4v) is 3.36. The van der Waals surface area contributed by atoms with Gasteiger partial charge in [-0.15, -0.1) is 0 Å². The van der Waals surface area contributed by atoms with Gasteiger partial charge in [0, 0.05) is 17.8 Å². The van der Waals surface area contributed by atoms with Crippen molar-refractivity contribution in [1.29, 1.82) is 0 Å².